The Hall–Kier alpha value is -1.20. The standard InChI is InChI=1S/C20H26OS/c1-5-6-17-11-14(2)20(15(3)12-17)18-8-7-16(9-10-22-4)13-19(18)21/h11-12,16,18H,7-10,13H2,1-4H3. The average molecular weight is 314 g/mol. The molecule has 0 saturated heterocycles. The van der Waals surface area contributed by atoms with E-state index in [2.05, 4.69) is 44.1 Å². The summed E-state index contributed by atoms with van der Waals surface area (Å²) in [6, 6.07) is 4.26. The van der Waals surface area contributed by atoms with Gasteiger partial charge in [0.2, 0.25) is 0 Å². The molecule has 2 atom stereocenters. The van der Waals surface area contributed by atoms with Gasteiger partial charge in [0.05, 0.1) is 0 Å². The monoisotopic (exact) mass is 314 g/mol. The van der Waals surface area contributed by atoms with Crippen LogP contribution in [0.25, 0.3) is 0 Å². The predicted molar refractivity (Wildman–Crippen MR) is 96.6 cm³/mol. The summed E-state index contributed by atoms with van der Waals surface area (Å²) >= 11 is 1.88. The number of carbonyl (C=O) groups excluding carboxylic acids is 1. The molecule has 1 saturated carbocycles. The molecule has 2 heteroatoms. The van der Waals surface area contributed by atoms with Crippen molar-refractivity contribution in [2.45, 2.75) is 52.4 Å². The lowest BCUT2D eigenvalue weighted by molar-refractivity contribution is -0.123. The van der Waals surface area contributed by atoms with Crippen molar-refractivity contribution in [3.63, 3.8) is 0 Å². The molecule has 0 bridgehead atoms. The smallest absolute Gasteiger partial charge is 0.140 e. The molecule has 1 aliphatic rings. The third kappa shape index (κ3) is 3.96. The molecule has 1 nitrogen and oxygen atoms in total. The largest absolute Gasteiger partial charge is 0.299 e. The van der Waals surface area contributed by atoms with E-state index < -0.39 is 0 Å². The highest BCUT2D eigenvalue weighted by Gasteiger charge is 2.31. The van der Waals surface area contributed by atoms with Crippen molar-refractivity contribution in [3.05, 3.63) is 34.4 Å². The van der Waals surface area contributed by atoms with Crippen LogP contribution in [0.2, 0.25) is 0 Å². The molecule has 1 aromatic rings. The lowest BCUT2D eigenvalue weighted by Gasteiger charge is -2.29. The Morgan fingerprint density at radius 2 is 1.91 bits per heavy atom. The van der Waals surface area contributed by atoms with Crippen molar-refractivity contribution < 1.29 is 4.79 Å². The van der Waals surface area contributed by atoms with Gasteiger partial charge in [-0.25, -0.2) is 0 Å². The van der Waals surface area contributed by atoms with E-state index in [0.717, 1.165) is 18.4 Å². The van der Waals surface area contributed by atoms with Crippen LogP contribution in [0.1, 0.15) is 60.8 Å². The third-order valence-electron chi connectivity index (χ3n) is 4.68. The van der Waals surface area contributed by atoms with Crippen molar-refractivity contribution in [1.29, 1.82) is 0 Å². The molecule has 0 amide bonds. The highest BCUT2D eigenvalue weighted by atomic mass is 32.2. The molecule has 1 fully saturated rings. The molecular weight excluding hydrogens is 288 g/mol. The SMILES string of the molecule is CC#Cc1cc(C)c(C2CCC(CCSC)CC2=O)c(C)c1. The lowest BCUT2D eigenvalue weighted by atomic mass is 9.74. The number of ketones is 1. The van der Waals surface area contributed by atoms with E-state index in [9.17, 15) is 4.79 Å². The third-order valence-corrected chi connectivity index (χ3v) is 5.33. The number of aryl methyl sites for hydroxylation is 2. The number of rotatable bonds is 4. The van der Waals surface area contributed by atoms with Crippen molar-refractivity contribution >= 4 is 17.5 Å². The summed E-state index contributed by atoms with van der Waals surface area (Å²) < 4.78 is 0. The molecule has 1 aromatic carbocycles. The predicted octanol–water partition coefficient (Wildman–Crippen LogP) is 4.88. The number of hydrogen-bond donors (Lipinski definition) is 0. The normalized spacial score (nSPS) is 21.4. The van der Waals surface area contributed by atoms with Gasteiger partial charge in [0.1, 0.15) is 5.78 Å². The minimum atomic E-state index is 0.106. The summed E-state index contributed by atoms with van der Waals surface area (Å²) in [5.74, 6) is 8.40. The molecule has 0 aromatic heterocycles. The number of carbonyl (C=O) groups is 1. The molecule has 0 aliphatic heterocycles. The lowest BCUT2D eigenvalue weighted by Crippen LogP contribution is -2.25. The van der Waals surface area contributed by atoms with Gasteiger partial charge in [-0.3, -0.25) is 4.79 Å². The van der Waals surface area contributed by atoms with E-state index in [-0.39, 0.29) is 5.92 Å². The van der Waals surface area contributed by atoms with Gasteiger partial charge in [-0.2, -0.15) is 11.8 Å². The fourth-order valence-electron chi connectivity index (χ4n) is 3.67. The van der Waals surface area contributed by atoms with E-state index in [1.54, 1.807) is 0 Å². The fraction of sp³-hybridized carbons (Fsp3) is 0.550. The Morgan fingerprint density at radius 3 is 2.45 bits per heavy atom. The van der Waals surface area contributed by atoms with Gasteiger partial charge in [-0.05, 0) is 86.8 Å². The highest BCUT2D eigenvalue weighted by Crippen LogP contribution is 2.37. The van der Waals surface area contributed by atoms with Crippen LogP contribution in [0.15, 0.2) is 12.1 Å². The Bertz CT molecular complexity index is 583. The van der Waals surface area contributed by atoms with Crippen LogP contribution in [0, 0.1) is 31.6 Å². The number of hydrogen-bond acceptors (Lipinski definition) is 2. The summed E-state index contributed by atoms with van der Waals surface area (Å²) in [6.45, 7) is 6.10. The molecule has 0 N–H and O–H groups in total. The van der Waals surface area contributed by atoms with Gasteiger partial charge in [-0.15, -0.1) is 5.92 Å². The second-order valence-corrected chi connectivity index (χ2v) is 7.33. The van der Waals surface area contributed by atoms with Crippen LogP contribution in [0.3, 0.4) is 0 Å². The van der Waals surface area contributed by atoms with Gasteiger partial charge in [0.25, 0.3) is 0 Å². The van der Waals surface area contributed by atoms with Crippen LogP contribution in [0.4, 0.5) is 0 Å². The zero-order chi connectivity index (χ0) is 16.1. The van der Waals surface area contributed by atoms with Crippen molar-refractivity contribution in [2.24, 2.45) is 5.92 Å². The first kappa shape index (κ1) is 17.2. The first-order valence-corrected chi connectivity index (χ1v) is 9.51. The highest BCUT2D eigenvalue weighted by molar-refractivity contribution is 7.98. The van der Waals surface area contributed by atoms with Crippen molar-refractivity contribution in [2.75, 3.05) is 12.0 Å². The summed E-state index contributed by atoms with van der Waals surface area (Å²) in [4.78, 5) is 12.6. The molecule has 1 aliphatic carbocycles. The zero-order valence-electron chi connectivity index (χ0n) is 14.2. The van der Waals surface area contributed by atoms with E-state index in [1.807, 2.05) is 18.7 Å². The van der Waals surface area contributed by atoms with Gasteiger partial charge in [0, 0.05) is 17.9 Å². The first-order valence-electron chi connectivity index (χ1n) is 8.12. The molecular formula is C20H26OS. The maximum absolute atomic E-state index is 12.6. The number of thioether (sulfide) groups is 1. The van der Waals surface area contributed by atoms with Gasteiger partial charge < -0.3 is 0 Å². The Kier molecular flexibility index (Phi) is 6.15. The van der Waals surface area contributed by atoms with Crippen LogP contribution in [-0.2, 0) is 4.79 Å². The summed E-state index contributed by atoms with van der Waals surface area (Å²) in [6.07, 6.45) is 6.29. The van der Waals surface area contributed by atoms with E-state index in [0.29, 0.717) is 11.7 Å². The van der Waals surface area contributed by atoms with Gasteiger partial charge >= 0.3 is 0 Å². The van der Waals surface area contributed by atoms with Gasteiger partial charge in [0.15, 0.2) is 0 Å². The first-order chi connectivity index (χ1) is 10.6. The van der Waals surface area contributed by atoms with Gasteiger partial charge in [-0.1, -0.05) is 5.92 Å². The van der Waals surface area contributed by atoms with Crippen LogP contribution < -0.4 is 0 Å². The topological polar surface area (TPSA) is 17.1 Å². The zero-order valence-corrected chi connectivity index (χ0v) is 15.0. The average Bonchev–Trinajstić information content (AvgIpc) is 2.46. The Labute approximate surface area is 139 Å². The number of benzene rings is 1. The molecule has 0 radical (unpaired) electrons. The summed E-state index contributed by atoms with van der Waals surface area (Å²) in [5, 5.41) is 0. The van der Waals surface area contributed by atoms with Crippen LogP contribution >= 0.6 is 11.8 Å². The number of Topliss-reactive ketones (excluding diaryl/α,β-unsaturated/α-hetero) is 1. The van der Waals surface area contributed by atoms with E-state index >= 15 is 0 Å². The Morgan fingerprint density at radius 1 is 1.23 bits per heavy atom. The minimum absolute atomic E-state index is 0.106. The second-order valence-electron chi connectivity index (χ2n) is 6.35. The van der Waals surface area contributed by atoms with Crippen molar-refractivity contribution in [3.8, 4) is 11.8 Å². The van der Waals surface area contributed by atoms with E-state index in [1.165, 1.54) is 35.3 Å². The molecule has 118 valence electrons. The van der Waals surface area contributed by atoms with E-state index in [4.69, 9.17) is 0 Å². The Balaban J connectivity index is 2.19. The molecule has 22 heavy (non-hydrogen) atoms. The molecule has 0 spiro atoms. The molecule has 2 unspecified atom stereocenters. The van der Waals surface area contributed by atoms with Crippen LogP contribution in [0.5, 0.6) is 0 Å². The second kappa shape index (κ2) is 7.88. The maximum atomic E-state index is 12.6. The molecule has 0 heterocycles. The summed E-state index contributed by atoms with van der Waals surface area (Å²) in [5.41, 5.74) is 4.76. The van der Waals surface area contributed by atoms with Crippen molar-refractivity contribution in [1.82, 2.24) is 0 Å². The quantitative estimate of drug-likeness (QED) is 0.737. The summed E-state index contributed by atoms with van der Waals surface area (Å²) in [7, 11) is 0. The van der Waals surface area contributed by atoms with Crippen LogP contribution in [-0.4, -0.2) is 17.8 Å². The maximum Gasteiger partial charge on any atom is 0.140 e. The fourth-order valence-corrected chi connectivity index (χ4v) is 4.24. The minimum Gasteiger partial charge on any atom is -0.299 e. The molecule has 2 rings (SSSR count).